The van der Waals surface area contributed by atoms with Gasteiger partial charge in [-0.25, -0.2) is 9.97 Å². The molecule has 2 aromatic heterocycles. The Balaban J connectivity index is 1.36. The van der Waals surface area contributed by atoms with Crippen LogP contribution in [0.1, 0.15) is 47.6 Å². The topological polar surface area (TPSA) is 88.4 Å². The molecule has 2 aliphatic rings. The molecule has 1 aromatic carbocycles. The number of allylic oxidation sites excluding steroid dienone is 1. The molecule has 1 aliphatic heterocycles. The highest BCUT2D eigenvalue weighted by atomic mass is 16.5. The van der Waals surface area contributed by atoms with Gasteiger partial charge in [-0.3, -0.25) is 14.4 Å². The molecule has 3 aromatic rings. The first-order valence-electron chi connectivity index (χ1n) is 13.4. The second-order valence-electron chi connectivity index (χ2n) is 10.2. The number of ether oxygens (including phenoxy) is 1. The molecule has 0 saturated carbocycles. The molecule has 1 atom stereocenters. The van der Waals surface area contributed by atoms with Crippen LogP contribution in [0.25, 0.3) is 5.57 Å². The molecular formula is C29H37N7O2. The number of fused-ring (bicyclic) bond motifs is 1. The Morgan fingerprint density at radius 3 is 2.74 bits per heavy atom. The van der Waals surface area contributed by atoms with E-state index in [4.69, 9.17) is 9.72 Å². The summed E-state index contributed by atoms with van der Waals surface area (Å²) in [5.74, 6) is 1.37. The van der Waals surface area contributed by atoms with Crippen LogP contribution in [0.4, 0.5) is 5.69 Å². The maximum Gasteiger partial charge on any atom is 0.241 e. The molecule has 200 valence electrons. The van der Waals surface area contributed by atoms with Crippen molar-refractivity contribution in [2.45, 2.75) is 46.2 Å². The van der Waals surface area contributed by atoms with E-state index in [-0.39, 0.29) is 11.9 Å². The summed E-state index contributed by atoms with van der Waals surface area (Å²) in [6.07, 6.45) is 7.37. The van der Waals surface area contributed by atoms with Gasteiger partial charge in [0.1, 0.15) is 5.82 Å². The Hall–Kier alpha value is -3.56. The quantitative estimate of drug-likeness (QED) is 0.493. The molecule has 0 bridgehead atoms. The Kier molecular flexibility index (Phi) is 7.58. The number of methoxy groups -OCH3 is 1. The lowest BCUT2D eigenvalue weighted by Crippen LogP contribution is -2.51. The number of rotatable bonds is 8. The fraction of sp³-hybridized carbons (Fsp3) is 0.448. The predicted octanol–water partition coefficient (Wildman–Crippen LogP) is 3.16. The van der Waals surface area contributed by atoms with Crippen molar-refractivity contribution in [2.24, 2.45) is 0 Å². The predicted molar refractivity (Wildman–Crippen MR) is 148 cm³/mol. The van der Waals surface area contributed by atoms with Gasteiger partial charge in [-0.1, -0.05) is 18.2 Å². The van der Waals surface area contributed by atoms with Crippen molar-refractivity contribution in [2.75, 3.05) is 45.7 Å². The van der Waals surface area contributed by atoms with Gasteiger partial charge >= 0.3 is 0 Å². The van der Waals surface area contributed by atoms with Gasteiger partial charge in [0.2, 0.25) is 11.8 Å². The number of carbonyl (C=O) groups excluding carboxylic acids is 1. The molecule has 9 nitrogen and oxygen atoms in total. The highest BCUT2D eigenvalue weighted by Gasteiger charge is 2.27. The van der Waals surface area contributed by atoms with E-state index in [0.717, 1.165) is 84.2 Å². The van der Waals surface area contributed by atoms with Gasteiger partial charge in [-0.2, -0.15) is 0 Å². The zero-order valence-electron chi connectivity index (χ0n) is 23.0. The average Bonchev–Trinajstić information content (AvgIpc) is 3.54. The molecule has 1 fully saturated rings. The van der Waals surface area contributed by atoms with Crippen molar-refractivity contribution in [1.29, 1.82) is 0 Å². The van der Waals surface area contributed by atoms with Crippen molar-refractivity contribution < 1.29 is 9.53 Å². The fourth-order valence-corrected chi connectivity index (χ4v) is 5.23. The summed E-state index contributed by atoms with van der Waals surface area (Å²) in [4.78, 5) is 27.3. The highest BCUT2D eigenvalue weighted by Crippen LogP contribution is 2.37. The van der Waals surface area contributed by atoms with Crippen LogP contribution in [-0.4, -0.2) is 81.8 Å². The van der Waals surface area contributed by atoms with Crippen LogP contribution in [0.3, 0.4) is 0 Å². The number of nitrogens with one attached hydrogen (secondary N) is 1. The summed E-state index contributed by atoms with van der Waals surface area (Å²) in [5.41, 5.74) is 7.10. The molecule has 0 unspecified atom stereocenters. The number of aromatic nitrogens is 4. The number of aryl methyl sites for hydroxylation is 2. The van der Waals surface area contributed by atoms with Crippen molar-refractivity contribution in [3.8, 4) is 5.88 Å². The van der Waals surface area contributed by atoms with Crippen LogP contribution in [-0.2, 0) is 24.2 Å². The fourth-order valence-electron chi connectivity index (χ4n) is 5.23. The van der Waals surface area contributed by atoms with Crippen LogP contribution in [0.15, 0.2) is 36.7 Å². The summed E-state index contributed by atoms with van der Waals surface area (Å²) in [6, 6.07) is 5.95. The molecule has 0 radical (unpaired) electrons. The molecule has 38 heavy (non-hydrogen) atoms. The smallest absolute Gasteiger partial charge is 0.241 e. The van der Waals surface area contributed by atoms with Crippen LogP contribution in [0, 0.1) is 6.92 Å². The van der Waals surface area contributed by atoms with E-state index in [1.807, 2.05) is 50.0 Å². The Bertz CT molecular complexity index is 1350. The maximum atomic E-state index is 13.2. The molecule has 0 spiro atoms. The maximum absolute atomic E-state index is 13.2. The number of amides is 1. The third-order valence-electron chi connectivity index (χ3n) is 7.64. The standard InChI is InChI=1S/C29H37N7O2/c1-6-36-18-21(29(33-36)38-5)16-26-30-17-19(2)27(32-26)24-11-10-23-22(24)8-7-9-25(23)31-28(37)20(3)35-14-12-34(4)13-15-35/h7-9,11,17-18,20H,6,10,12-16H2,1-5H3,(H,31,37)/t20-/m1/s1. The first-order chi connectivity index (χ1) is 18.4. The van der Waals surface area contributed by atoms with Gasteiger partial charge in [-0.15, -0.1) is 5.10 Å². The number of carbonyl (C=O) groups is 1. The van der Waals surface area contributed by atoms with Crippen LogP contribution in [0.5, 0.6) is 5.88 Å². The first-order valence-corrected chi connectivity index (χ1v) is 13.4. The molecule has 5 rings (SSSR count). The monoisotopic (exact) mass is 515 g/mol. The van der Waals surface area contributed by atoms with Crippen molar-refractivity contribution in [1.82, 2.24) is 29.5 Å². The summed E-state index contributed by atoms with van der Waals surface area (Å²) < 4.78 is 7.33. The minimum absolute atomic E-state index is 0.0403. The zero-order chi connectivity index (χ0) is 26.8. The normalized spacial score (nSPS) is 16.7. The second-order valence-corrected chi connectivity index (χ2v) is 10.2. The molecular weight excluding hydrogens is 478 g/mol. The molecule has 1 N–H and O–H groups in total. The van der Waals surface area contributed by atoms with Gasteiger partial charge in [0.15, 0.2) is 0 Å². The lowest BCUT2D eigenvalue weighted by molar-refractivity contribution is -0.121. The van der Waals surface area contributed by atoms with E-state index in [2.05, 4.69) is 44.4 Å². The van der Waals surface area contributed by atoms with E-state index < -0.39 is 0 Å². The van der Waals surface area contributed by atoms with E-state index in [9.17, 15) is 4.79 Å². The zero-order valence-corrected chi connectivity index (χ0v) is 23.0. The van der Waals surface area contributed by atoms with Crippen LogP contribution in [0.2, 0.25) is 0 Å². The van der Waals surface area contributed by atoms with E-state index >= 15 is 0 Å². The summed E-state index contributed by atoms with van der Waals surface area (Å²) in [5, 5.41) is 7.68. The van der Waals surface area contributed by atoms with Gasteiger partial charge in [0, 0.05) is 68.4 Å². The summed E-state index contributed by atoms with van der Waals surface area (Å²) in [7, 11) is 3.76. The largest absolute Gasteiger partial charge is 0.480 e. The lowest BCUT2D eigenvalue weighted by atomic mass is 9.99. The number of hydrogen-bond donors (Lipinski definition) is 1. The summed E-state index contributed by atoms with van der Waals surface area (Å²) >= 11 is 0. The summed E-state index contributed by atoms with van der Waals surface area (Å²) in [6.45, 7) is 10.6. The molecule has 1 saturated heterocycles. The van der Waals surface area contributed by atoms with Gasteiger partial charge in [0.05, 0.1) is 18.8 Å². The van der Waals surface area contributed by atoms with E-state index in [0.29, 0.717) is 12.3 Å². The van der Waals surface area contributed by atoms with Gasteiger partial charge in [0.25, 0.3) is 0 Å². The molecule has 1 aliphatic carbocycles. The Labute approximate surface area is 224 Å². The number of piperazine rings is 1. The molecule has 9 heteroatoms. The lowest BCUT2D eigenvalue weighted by Gasteiger charge is -2.35. The van der Waals surface area contributed by atoms with E-state index in [1.165, 1.54) is 0 Å². The van der Waals surface area contributed by atoms with Gasteiger partial charge in [-0.05, 0) is 57.0 Å². The molecule has 3 heterocycles. The number of hydrogen-bond acceptors (Lipinski definition) is 7. The minimum Gasteiger partial charge on any atom is -0.480 e. The van der Waals surface area contributed by atoms with Crippen molar-refractivity contribution in [3.05, 3.63) is 70.4 Å². The molecule has 1 amide bonds. The van der Waals surface area contributed by atoms with Crippen LogP contribution < -0.4 is 10.1 Å². The highest BCUT2D eigenvalue weighted by molar-refractivity contribution is 5.97. The van der Waals surface area contributed by atoms with Crippen LogP contribution >= 0.6 is 0 Å². The third kappa shape index (κ3) is 5.21. The first kappa shape index (κ1) is 26.1. The number of benzene rings is 1. The van der Waals surface area contributed by atoms with Crippen molar-refractivity contribution in [3.63, 3.8) is 0 Å². The number of likely N-dealkylation sites (N-methyl/N-ethyl adjacent to an activating group) is 1. The SMILES string of the molecule is CCn1cc(Cc2ncc(C)c(C3=CCc4c(NC(=O)[C@@H](C)N5CCN(C)CC5)cccc43)n2)c(OC)n1. The number of nitrogens with zero attached hydrogens (tertiary/aromatic N) is 6. The second kappa shape index (κ2) is 11.0. The Morgan fingerprint density at radius 1 is 1.21 bits per heavy atom. The van der Waals surface area contributed by atoms with Gasteiger partial charge < -0.3 is 15.0 Å². The number of anilines is 1. The Morgan fingerprint density at radius 2 is 2.00 bits per heavy atom. The average molecular weight is 516 g/mol. The third-order valence-corrected chi connectivity index (χ3v) is 7.64. The van der Waals surface area contributed by atoms with Crippen molar-refractivity contribution >= 4 is 17.2 Å². The minimum atomic E-state index is -0.172. The van der Waals surface area contributed by atoms with E-state index in [1.54, 1.807) is 7.11 Å².